The van der Waals surface area contributed by atoms with Gasteiger partial charge in [0.05, 0.1) is 40.3 Å². The Balaban J connectivity index is 0.872. The van der Waals surface area contributed by atoms with Crippen LogP contribution in [0, 0.1) is 41.6 Å². The summed E-state index contributed by atoms with van der Waals surface area (Å²) in [5.74, 6) is 5.17. The molecule has 1 saturated heterocycles. The Morgan fingerprint density at radius 3 is 2.38 bits per heavy atom. The number of carbonyl (C=O) groups is 5. The number of aromatic nitrogens is 1. The molecule has 1 saturated carbocycles. The van der Waals surface area contributed by atoms with Crippen LogP contribution in [0.1, 0.15) is 127 Å². The van der Waals surface area contributed by atoms with Crippen molar-refractivity contribution in [3.63, 3.8) is 0 Å². The molecule has 0 radical (unpaired) electrons. The summed E-state index contributed by atoms with van der Waals surface area (Å²) in [5.41, 5.74) is 5.95. The first-order chi connectivity index (χ1) is 34.0. The number of nitrogens with one attached hydrogen (secondary N) is 2. The Hall–Kier alpha value is -6.26. The number of unbranched alkanes of at least 4 members (excludes halogenated alkanes) is 2. The molecule has 7 rings (SSSR count). The number of carbonyl (C=O) groups excluding carboxylic acids is 5. The molecule has 3 aromatic carbocycles. The van der Waals surface area contributed by atoms with Crippen molar-refractivity contribution in [2.45, 2.75) is 138 Å². The number of halogens is 1. The van der Waals surface area contributed by atoms with Crippen LogP contribution in [0.4, 0.5) is 5.69 Å². The first kappa shape index (κ1) is 53.5. The minimum absolute atomic E-state index is 0.00783. The molecule has 72 heavy (non-hydrogen) atoms. The molecule has 4 atom stereocenters. The number of hydrogen-bond acceptors (Lipinski definition) is 10. The van der Waals surface area contributed by atoms with Gasteiger partial charge in [0.25, 0.3) is 5.91 Å². The van der Waals surface area contributed by atoms with Crippen LogP contribution in [0.2, 0.25) is 5.02 Å². The van der Waals surface area contributed by atoms with Crippen molar-refractivity contribution in [1.29, 1.82) is 0 Å². The minimum Gasteiger partial charge on any atom is -0.489 e. The van der Waals surface area contributed by atoms with E-state index in [4.69, 9.17) is 32.4 Å². The van der Waals surface area contributed by atoms with Gasteiger partial charge >= 0.3 is 5.97 Å². The lowest BCUT2D eigenvalue weighted by Crippen LogP contribution is -2.74. The van der Waals surface area contributed by atoms with Crippen LogP contribution in [0.15, 0.2) is 66.2 Å². The van der Waals surface area contributed by atoms with Gasteiger partial charge in [-0.05, 0) is 73.1 Å². The largest absolute Gasteiger partial charge is 0.489 e. The SMILES string of the molecule is [C-]#[N+]c1ccc(OC2C(C)(C)C(N3Cc4ccc(C#CCCCCOCC(=O)N[C@H](C(=O)N5C[C@H](OC(C)=O)C[C@H]5C(=O)N[C@@H](C)c5ccc(-c6scnc6C)cc5)C(C)(C)C)cc4C3=O)C2(C)C)cc1Cl. The Morgan fingerprint density at radius 2 is 1.74 bits per heavy atom. The lowest BCUT2D eigenvalue weighted by atomic mass is 9.49. The number of aryl methyl sites for hydroxylation is 1. The van der Waals surface area contributed by atoms with Crippen LogP contribution in [-0.4, -0.2) is 94.5 Å². The zero-order valence-corrected chi connectivity index (χ0v) is 44.4. The molecule has 1 aromatic heterocycles. The van der Waals surface area contributed by atoms with E-state index in [9.17, 15) is 24.0 Å². The average Bonchev–Trinajstić information content (AvgIpc) is 4.03. The zero-order chi connectivity index (χ0) is 52.3. The molecule has 16 heteroatoms. The lowest BCUT2D eigenvalue weighted by molar-refractivity contribution is -0.199. The summed E-state index contributed by atoms with van der Waals surface area (Å²) in [4.78, 5) is 79.7. The highest BCUT2D eigenvalue weighted by Crippen LogP contribution is 2.59. The second kappa shape index (κ2) is 21.8. The predicted octanol–water partition coefficient (Wildman–Crippen LogP) is 9.64. The monoisotopic (exact) mass is 1020 g/mol. The van der Waals surface area contributed by atoms with Crippen molar-refractivity contribution in [3.05, 3.63) is 111 Å². The van der Waals surface area contributed by atoms with E-state index in [0.29, 0.717) is 48.0 Å². The smallest absolute Gasteiger partial charge is 0.302 e. The van der Waals surface area contributed by atoms with E-state index in [1.807, 2.05) is 87.5 Å². The fourth-order valence-electron chi connectivity index (χ4n) is 10.9. The Labute approximate surface area is 432 Å². The van der Waals surface area contributed by atoms with Gasteiger partial charge in [-0.15, -0.1) is 11.3 Å². The van der Waals surface area contributed by atoms with E-state index in [2.05, 4.69) is 60.0 Å². The topological polar surface area (TPSA) is 161 Å². The molecule has 4 aromatic rings. The molecule has 0 spiro atoms. The van der Waals surface area contributed by atoms with Gasteiger partial charge in [0, 0.05) is 60.9 Å². The molecule has 2 aliphatic heterocycles. The molecular weight excluding hydrogens is 952 g/mol. The molecule has 3 aliphatic rings. The van der Waals surface area contributed by atoms with Crippen molar-refractivity contribution in [2.24, 2.45) is 16.2 Å². The lowest BCUT2D eigenvalue weighted by Gasteiger charge is -2.65. The number of nitrogens with zero attached hydrogens (tertiary/aromatic N) is 4. The Bertz CT molecular complexity index is 2800. The van der Waals surface area contributed by atoms with Gasteiger partial charge in [-0.3, -0.25) is 24.0 Å². The number of hydrogen-bond donors (Lipinski definition) is 2. The first-order valence-electron chi connectivity index (χ1n) is 24.4. The van der Waals surface area contributed by atoms with Crippen molar-refractivity contribution in [2.75, 3.05) is 19.8 Å². The molecule has 4 amide bonds. The third-order valence-electron chi connectivity index (χ3n) is 14.0. The third kappa shape index (κ3) is 11.7. The molecule has 3 heterocycles. The van der Waals surface area contributed by atoms with E-state index in [1.54, 1.807) is 29.5 Å². The highest BCUT2D eigenvalue weighted by atomic mass is 35.5. The fraction of sp³-hybridized carbons (Fsp3) is 0.482. The average molecular weight is 1020 g/mol. The van der Waals surface area contributed by atoms with Crippen molar-refractivity contribution in [1.82, 2.24) is 25.4 Å². The van der Waals surface area contributed by atoms with Crippen molar-refractivity contribution < 1.29 is 38.2 Å². The number of likely N-dealkylation sites (tertiary alicyclic amines) is 1. The maximum atomic E-state index is 14.3. The number of amides is 4. The molecule has 2 N–H and O–H groups in total. The van der Waals surface area contributed by atoms with Crippen LogP contribution >= 0.6 is 22.9 Å². The van der Waals surface area contributed by atoms with Gasteiger partial charge in [-0.2, -0.15) is 0 Å². The van der Waals surface area contributed by atoms with Gasteiger partial charge in [0.15, 0.2) is 0 Å². The highest BCUT2D eigenvalue weighted by Gasteiger charge is 2.67. The standard InChI is InChI=1S/C56H65ClN6O8S/c1-33(37-19-21-38(22-20-37)47-34(2)59-32-72-47)60-49(66)45-28-41(70-35(3)64)30-62(45)51(68)48(54(4,5)6)61-46(65)31-69-25-15-13-12-14-16-36-17-18-39-29-63(50(67)42(39)26-36)52-55(7,8)53(56(52,9)10)71-40-23-24-44(58-11)43(57)27-40/h17-24,26-27,32-33,41,45,48,52-53H,12-13,15,25,28-31H2,1-10H3,(H,60,66)(H,61,65)/t33-,41+,45-,48+,52?,53?/m0/s1. The van der Waals surface area contributed by atoms with Crippen LogP contribution in [-0.2, 0) is 35.2 Å². The van der Waals surface area contributed by atoms with Gasteiger partial charge in [-0.25, -0.2) is 9.83 Å². The van der Waals surface area contributed by atoms with Crippen molar-refractivity contribution >= 4 is 58.2 Å². The predicted molar refractivity (Wildman–Crippen MR) is 277 cm³/mol. The summed E-state index contributed by atoms with van der Waals surface area (Å²) < 4.78 is 17.7. The minimum atomic E-state index is -1.00. The van der Waals surface area contributed by atoms with E-state index in [-0.39, 0.29) is 60.4 Å². The Morgan fingerprint density at radius 1 is 1.01 bits per heavy atom. The van der Waals surface area contributed by atoms with E-state index < -0.39 is 41.4 Å². The first-order valence-corrected chi connectivity index (χ1v) is 25.7. The van der Waals surface area contributed by atoms with Crippen LogP contribution < -0.4 is 15.4 Å². The number of fused-ring (bicyclic) bond motifs is 1. The molecule has 0 unspecified atom stereocenters. The number of benzene rings is 3. The number of esters is 1. The van der Waals surface area contributed by atoms with Crippen molar-refractivity contribution in [3.8, 4) is 28.0 Å². The summed E-state index contributed by atoms with van der Waals surface area (Å²) in [6.45, 7) is 27.0. The molecule has 0 bridgehead atoms. The van der Waals surface area contributed by atoms with Gasteiger partial charge in [0.1, 0.15) is 36.6 Å². The molecule has 380 valence electrons. The van der Waals surface area contributed by atoms with E-state index >= 15 is 0 Å². The van der Waals surface area contributed by atoms with Crippen LogP contribution in [0.5, 0.6) is 5.75 Å². The molecule has 2 fully saturated rings. The van der Waals surface area contributed by atoms with E-state index in [0.717, 1.165) is 39.2 Å². The summed E-state index contributed by atoms with van der Waals surface area (Å²) in [6, 6.07) is 16.4. The number of rotatable bonds is 16. The molecule has 14 nitrogen and oxygen atoms in total. The normalized spacial score (nSPS) is 20.5. The van der Waals surface area contributed by atoms with Crippen LogP contribution in [0.25, 0.3) is 15.3 Å². The van der Waals surface area contributed by atoms with Gasteiger partial charge in [-0.1, -0.05) is 108 Å². The maximum Gasteiger partial charge on any atom is 0.302 e. The molecular formula is C56H65ClN6O8S. The quantitative estimate of drug-likeness (QED) is 0.0482. The number of thiazole rings is 1. The third-order valence-corrected chi connectivity index (χ3v) is 15.3. The second-order valence-electron chi connectivity index (χ2n) is 21.3. The van der Waals surface area contributed by atoms with E-state index in [1.165, 1.54) is 11.8 Å². The fourth-order valence-corrected chi connectivity index (χ4v) is 11.9. The summed E-state index contributed by atoms with van der Waals surface area (Å²) in [6.07, 6.45) is 1.18. The summed E-state index contributed by atoms with van der Waals surface area (Å²) in [5, 5.41) is 6.26. The van der Waals surface area contributed by atoms with Crippen LogP contribution in [0.3, 0.4) is 0 Å². The van der Waals surface area contributed by atoms with Gasteiger partial charge in [0.2, 0.25) is 23.4 Å². The number of ether oxygens (including phenoxy) is 3. The zero-order valence-electron chi connectivity index (χ0n) is 42.8. The Kier molecular flexibility index (Phi) is 16.2. The van der Waals surface area contributed by atoms with Gasteiger partial charge < -0.3 is 34.6 Å². The summed E-state index contributed by atoms with van der Waals surface area (Å²) >= 11 is 7.87. The maximum absolute atomic E-state index is 14.3. The molecule has 1 aliphatic carbocycles. The highest BCUT2D eigenvalue weighted by molar-refractivity contribution is 7.13. The second-order valence-corrected chi connectivity index (χ2v) is 22.6. The summed E-state index contributed by atoms with van der Waals surface area (Å²) in [7, 11) is 0.